The Bertz CT molecular complexity index is 786. The lowest BCUT2D eigenvalue weighted by Gasteiger charge is -2.10. The summed E-state index contributed by atoms with van der Waals surface area (Å²) in [5, 5.41) is 10.6. The van der Waals surface area contributed by atoms with Crippen LogP contribution in [0.15, 0.2) is 35.1 Å². The van der Waals surface area contributed by atoms with Gasteiger partial charge in [0.25, 0.3) is 0 Å². The van der Waals surface area contributed by atoms with E-state index in [-0.39, 0.29) is 6.01 Å². The van der Waals surface area contributed by atoms with Gasteiger partial charge in [0.1, 0.15) is 5.76 Å². The summed E-state index contributed by atoms with van der Waals surface area (Å²) in [4.78, 5) is 12.8. The smallest absolute Gasteiger partial charge is 0.323 e. The van der Waals surface area contributed by atoms with Crippen LogP contribution in [-0.2, 0) is 13.1 Å². The molecule has 25 heavy (non-hydrogen) atoms. The van der Waals surface area contributed by atoms with Crippen molar-refractivity contribution < 1.29 is 9.15 Å². The third-order valence-corrected chi connectivity index (χ3v) is 3.29. The highest BCUT2D eigenvalue weighted by Gasteiger charge is 2.08. The molecule has 0 aromatic carbocycles. The Morgan fingerprint density at radius 3 is 2.68 bits per heavy atom. The summed E-state index contributed by atoms with van der Waals surface area (Å²) >= 11 is 0. The van der Waals surface area contributed by atoms with Gasteiger partial charge in [0.2, 0.25) is 11.9 Å². The molecule has 2 N–H and O–H groups in total. The van der Waals surface area contributed by atoms with E-state index >= 15 is 0 Å². The van der Waals surface area contributed by atoms with Crippen LogP contribution in [0.4, 0.5) is 11.9 Å². The first-order chi connectivity index (χ1) is 12.2. The first kappa shape index (κ1) is 16.7. The molecule has 0 atom stereocenters. The number of nitrogens with zero attached hydrogens (tertiary/aromatic N) is 5. The topological polar surface area (TPSA) is 103 Å². The number of ether oxygens (including phenoxy) is 1. The fourth-order valence-corrected chi connectivity index (χ4v) is 2.16. The van der Waals surface area contributed by atoms with Gasteiger partial charge in [0.15, 0.2) is 0 Å². The minimum absolute atomic E-state index is 0.275. The molecule has 0 amide bonds. The van der Waals surface area contributed by atoms with Gasteiger partial charge in [-0.15, -0.1) is 0 Å². The van der Waals surface area contributed by atoms with Crippen molar-refractivity contribution in [3.8, 4) is 6.01 Å². The lowest BCUT2D eigenvalue weighted by molar-refractivity contribution is 0.312. The summed E-state index contributed by atoms with van der Waals surface area (Å²) in [6, 6.07) is 5.95. The zero-order valence-electron chi connectivity index (χ0n) is 14.3. The fourth-order valence-electron chi connectivity index (χ4n) is 2.16. The zero-order valence-corrected chi connectivity index (χ0v) is 14.3. The number of hydrogen-bond acceptors (Lipinski definition) is 8. The molecule has 0 aliphatic carbocycles. The van der Waals surface area contributed by atoms with Crippen LogP contribution in [0.3, 0.4) is 0 Å². The predicted molar refractivity (Wildman–Crippen MR) is 92.5 cm³/mol. The summed E-state index contributed by atoms with van der Waals surface area (Å²) in [5.74, 6) is 1.67. The third-order valence-electron chi connectivity index (χ3n) is 3.29. The number of nitrogens with one attached hydrogen (secondary N) is 2. The van der Waals surface area contributed by atoms with Crippen molar-refractivity contribution in [2.24, 2.45) is 0 Å². The molecule has 3 heterocycles. The highest BCUT2D eigenvalue weighted by Crippen LogP contribution is 2.12. The number of furan rings is 1. The van der Waals surface area contributed by atoms with E-state index in [1.54, 1.807) is 6.26 Å². The van der Waals surface area contributed by atoms with Crippen LogP contribution in [0.2, 0.25) is 0 Å². The Morgan fingerprint density at radius 2 is 2.00 bits per heavy atom. The SMILES string of the molecule is CCOc1nc(NCCn2ccc(C)n2)nc(NCc2ccco2)n1. The Morgan fingerprint density at radius 1 is 1.16 bits per heavy atom. The molecule has 0 aliphatic rings. The van der Waals surface area contributed by atoms with Crippen molar-refractivity contribution in [3.63, 3.8) is 0 Å². The monoisotopic (exact) mass is 343 g/mol. The molecule has 0 saturated carbocycles. The summed E-state index contributed by atoms with van der Waals surface area (Å²) < 4.78 is 12.6. The maximum atomic E-state index is 5.41. The molecule has 0 aliphatic heterocycles. The average Bonchev–Trinajstić information content (AvgIpc) is 3.25. The van der Waals surface area contributed by atoms with Crippen LogP contribution >= 0.6 is 0 Å². The van der Waals surface area contributed by atoms with E-state index in [4.69, 9.17) is 9.15 Å². The standard InChI is InChI=1S/C16H21N7O2/c1-3-24-16-20-14(17-7-9-23-8-6-12(2)22-23)19-15(21-16)18-11-13-5-4-10-25-13/h4-6,8,10H,3,7,9,11H2,1-2H3,(H2,17,18,19,20,21). The van der Waals surface area contributed by atoms with E-state index < -0.39 is 0 Å². The Balaban J connectivity index is 1.62. The first-order valence-corrected chi connectivity index (χ1v) is 8.12. The number of rotatable bonds is 9. The second-order valence-corrected chi connectivity index (χ2v) is 5.28. The van der Waals surface area contributed by atoms with Crippen molar-refractivity contribution in [2.45, 2.75) is 26.9 Å². The van der Waals surface area contributed by atoms with Crippen molar-refractivity contribution >= 4 is 11.9 Å². The van der Waals surface area contributed by atoms with E-state index in [9.17, 15) is 0 Å². The Kier molecular flexibility index (Phi) is 5.45. The molecule has 3 aromatic heterocycles. The number of hydrogen-bond donors (Lipinski definition) is 2. The number of anilines is 2. The third kappa shape index (κ3) is 4.93. The van der Waals surface area contributed by atoms with Crippen molar-refractivity contribution in [1.29, 1.82) is 0 Å². The van der Waals surface area contributed by atoms with Crippen LogP contribution in [0, 0.1) is 6.92 Å². The van der Waals surface area contributed by atoms with Gasteiger partial charge in [-0.2, -0.15) is 20.1 Å². The molecule has 0 unspecified atom stereocenters. The lowest BCUT2D eigenvalue weighted by Crippen LogP contribution is -2.15. The van der Waals surface area contributed by atoms with Gasteiger partial charge in [0, 0.05) is 12.7 Å². The minimum atomic E-state index is 0.275. The van der Waals surface area contributed by atoms with Gasteiger partial charge in [-0.05, 0) is 32.0 Å². The van der Waals surface area contributed by atoms with Crippen LogP contribution in [-0.4, -0.2) is 37.9 Å². The molecule has 3 aromatic rings. The molecular weight excluding hydrogens is 322 g/mol. The molecule has 9 heteroatoms. The quantitative estimate of drug-likeness (QED) is 0.609. The zero-order chi connectivity index (χ0) is 17.5. The van der Waals surface area contributed by atoms with Crippen molar-refractivity contribution in [3.05, 3.63) is 42.1 Å². The molecule has 9 nitrogen and oxygen atoms in total. The van der Waals surface area contributed by atoms with E-state index in [0.29, 0.717) is 38.1 Å². The number of aromatic nitrogens is 5. The van der Waals surface area contributed by atoms with E-state index in [2.05, 4.69) is 30.7 Å². The second kappa shape index (κ2) is 8.13. The summed E-state index contributed by atoms with van der Waals surface area (Å²) in [5.41, 5.74) is 0.989. The van der Waals surface area contributed by atoms with Crippen LogP contribution in [0.1, 0.15) is 18.4 Å². The summed E-state index contributed by atoms with van der Waals surface area (Å²) in [7, 11) is 0. The maximum absolute atomic E-state index is 5.41. The van der Waals surface area contributed by atoms with Crippen LogP contribution < -0.4 is 15.4 Å². The molecule has 3 rings (SSSR count). The van der Waals surface area contributed by atoms with Crippen molar-refractivity contribution in [1.82, 2.24) is 24.7 Å². The predicted octanol–water partition coefficient (Wildman–Crippen LogP) is 2.09. The molecule has 0 bridgehead atoms. The number of aryl methyl sites for hydroxylation is 1. The highest BCUT2D eigenvalue weighted by atomic mass is 16.5. The normalized spacial score (nSPS) is 10.6. The Hall–Kier alpha value is -3.10. The van der Waals surface area contributed by atoms with Crippen LogP contribution in [0.5, 0.6) is 6.01 Å². The molecule has 0 saturated heterocycles. The van der Waals surface area contributed by atoms with Gasteiger partial charge in [-0.25, -0.2) is 0 Å². The highest BCUT2D eigenvalue weighted by molar-refractivity contribution is 5.36. The largest absolute Gasteiger partial charge is 0.467 e. The first-order valence-electron chi connectivity index (χ1n) is 8.12. The van der Waals surface area contributed by atoms with E-state index in [0.717, 1.165) is 11.5 Å². The molecule has 0 radical (unpaired) electrons. The fraction of sp³-hybridized carbons (Fsp3) is 0.375. The molecule has 132 valence electrons. The summed E-state index contributed by atoms with van der Waals surface area (Å²) in [6.07, 6.45) is 3.56. The maximum Gasteiger partial charge on any atom is 0.323 e. The molecule has 0 fully saturated rings. The minimum Gasteiger partial charge on any atom is -0.467 e. The molecule has 0 spiro atoms. The second-order valence-electron chi connectivity index (χ2n) is 5.28. The van der Waals surface area contributed by atoms with Gasteiger partial charge >= 0.3 is 6.01 Å². The summed E-state index contributed by atoms with van der Waals surface area (Å²) in [6.45, 7) is 6.14. The van der Waals surface area contributed by atoms with E-state index in [1.165, 1.54) is 0 Å². The van der Waals surface area contributed by atoms with Gasteiger partial charge in [0.05, 0.1) is 31.7 Å². The van der Waals surface area contributed by atoms with Gasteiger partial charge in [-0.1, -0.05) is 0 Å². The van der Waals surface area contributed by atoms with Gasteiger partial charge < -0.3 is 19.8 Å². The van der Waals surface area contributed by atoms with Gasteiger partial charge in [-0.3, -0.25) is 4.68 Å². The average molecular weight is 343 g/mol. The van der Waals surface area contributed by atoms with Crippen LogP contribution in [0.25, 0.3) is 0 Å². The Labute approximate surface area is 145 Å². The van der Waals surface area contributed by atoms with Crippen molar-refractivity contribution in [2.75, 3.05) is 23.8 Å². The molecular formula is C16H21N7O2. The lowest BCUT2D eigenvalue weighted by atomic mass is 10.4. The van der Waals surface area contributed by atoms with E-state index in [1.807, 2.05) is 42.9 Å².